The van der Waals surface area contributed by atoms with Crippen molar-refractivity contribution in [3.05, 3.63) is 102 Å². The summed E-state index contributed by atoms with van der Waals surface area (Å²) >= 11 is 0. The van der Waals surface area contributed by atoms with Crippen LogP contribution in [0.2, 0.25) is 0 Å². The molecule has 0 radical (unpaired) electrons. The standard InChI is InChI=1S/C92H129N23O24/c1-9-11-21-68-85(132)105-60(34-48(3)4)82(129)109-66(80(127)100-43-76(97)122)42-98-44-77(123)101-63(35-50-25-27-53(116)28-26-50)88(135)110(6)49(5)79(126)107-65(40-75(96)121)91(138)114-33-17-24-69(114)86(133)102-58(29-31-72(93)118)81(128)103-59(30-32-73(94)119)90(137)115-46-54(117)38-71(115)87(134)106-61(36-51-41-99-57-20-15-13-18-55(51)57)83(130)104-62(39-74(95)120)84(131)108-64(89(136)112(8)70(22-12-10-2)92(139)111(68)7)37-52-45-113(47-78(124)125)67-23-16-14-19-56(52)67/h13-16,18-20,23,25-28,41,45,48-49,54,58-66,68-71,98-99,116-117H,9-12,17,21-22,24,29-40,42-44,46-47H2,1-8H3,(H2,93,118)(H2,94,119)(H2,95,120)(H2,96,121)(H2,97,122)(H,100,127)(H,101,123)(H,102,133)(H,103,128)(H,104,130)(H,105,132)(H,106,134)(H,107,126)(H,108,131)(H,109,129)(H,124,125)/t49-,54+,58-,59-,60-,61-,62-,63-,64-,65-,66-,68-,69-,70-,71-/m0/s1. The highest BCUT2D eigenvalue weighted by atomic mass is 16.4. The number of aliphatic hydroxyl groups excluding tert-OH is 1. The fourth-order valence-corrected chi connectivity index (χ4v) is 17.0. The molecule has 20 amide bonds. The fraction of sp³-hybridized carbons (Fsp3) is 0.533. The number of carboxylic acids is 1. The molecule has 5 aromatic rings. The number of fused-ring (bicyclic) bond motifs is 4. The number of aromatic amines is 1. The Morgan fingerprint density at radius 2 is 1.03 bits per heavy atom. The minimum absolute atomic E-state index is 0.0531. The van der Waals surface area contributed by atoms with Gasteiger partial charge in [-0.15, -0.1) is 0 Å². The van der Waals surface area contributed by atoms with E-state index in [0.29, 0.717) is 45.8 Å². The number of nitrogens with one attached hydrogen (secondary N) is 12. The Morgan fingerprint density at radius 1 is 0.504 bits per heavy atom. The molecule has 5 heterocycles. The van der Waals surface area contributed by atoms with Crippen molar-refractivity contribution in [2.45, 2.75) is 254 Å². The molecular formula is C92H129N23O24. The van der Waals surface area contributed by atoms with Gasteiger partial charge in [-0.25, -0.2) is 0 Å². The van der Waals surface area contributed by atoms with Crippen LogP contribution in [0.15, 0.2) is 85.2 Å². The highest BCUT2D eigenvalue weighted by Crippen LogP contribution is 2.29. The first kappa shape index (κ1) is 110. The Bertz CT molecular complexity index is 5350. The molecule has 3 aliphatic heterocycles. The normalized spacial score (nSPS) is 24.3. The maximum absolute atomic E-state index is 16.0. The first-order valence-electron chi connectivity index (χ1n) is 46.1. The molecule has 25 N–H and O–H groups in total. The number of H-pyrrole nitrogens is 1. The molecule has 8 rings (SSSR count). The second-order valence-electron chi connectivity index (χ2n) is 35.7. The summed E-state index contributed by atoms with van der Waals surface area (Å²) in [5.41, 5.74) is 30.1. The summed E-state index contributed by atoms with van der Waals surface area (Å²) < 4.78 is 1.37. The topological polar surface area (TPSA) is 719 Å². The zero-order valence-corrected chi connectivity index (χ0v) is 79.0. The van der Waals surface area contributed by atoms with Gasteiger partial charge in [0.15, 0.2) is 0 Å². The molecule has 3 aromatic carbocycles. The molecule has 0 saturated carbocycles. The number of carbonyl (C=O) groups is 21. The van der Waals surface area contributed by atoms with Crippen molar-refractivity contribution in [2.75, 3.05) is 53.9 Å². The van der Waals surface area contributed by atoms with E-state index in [1.807, 2.05) is 0 Å². The lowest BCUT2D eigenvalue weighted by atomic mass is 9.99. The summed E-state index contributed by atoms with van der Waals surface area (Å²) in [5.74, 6) is -23.0. The van der Waals surface area contributed by atoms with Gasteiger partial charge >= 0.3 is 5.97 Å². The Balaban J connectivity index is 1.23. The molecule has 15 atom stereocenters. The highest BCUT2D eigenvalue weighted by molar-refractivity contribution is 6.03. The predicted molar refractivity (Wildman–Crippen MR) is 499 cm³/mol. The molecule has 3 aliphatic rings. The minimum atomic E-state index is -2.05. The van der Waals surface area contributed by atoms with Crippen LogP contribution in [-0.4, -0.2) is 318 Å². The number of rotatable bonds is 29. The number of primary amides is 5. The maximum Gasteiger partial charge on any atom is 0.323 e. The van der Waals surface area contributed by atoms with E-state index >= 15 is 33.6 Å². The van der Waals surface area contributed by atoms with Crippen molar-refractivity contribution < 1.29 is 116 Å². The van der Waals surface area contributed by atoms with Crippen molar-refractivity contribution in [1.82, 2.24) is 92.5 Å². The SMILES string of the molecule is CCCC[C@H]1C(=O)N(C)[C@@H](CCCC)C(=O)N[C@@H](CC(C)C)C(=O)N[C@H](C(=O)NCC(N)=O)CNCC(=O)N[C@@H](Cc2ccc(O)cc2)C(=O)N(C)[C@@H](C)C(=O)N[C@@H](CC(N)=O)C(=O)N2CCC[C@H]2C(=O)N[C@@H](CCC(N)=O)C(=O)N[C@@H](CCC(N)=O)C(=O)N2C[C@H](O)C[C@H]2C(=O)N[C@@H](Cc2c[nH]c3ccccc23)C(=O)N[C@@H](CC(N)=O)C(=O)N[C@@H](Cc2cn(CC(=O)O)c3ccccc23)C(=O)N1C. The van der Waals surface area contributed by atoms with Gasteiger partial charge in [0, 0.05) is 114 Å². The summed E-state index contributed by atoms with van der Waals surface area (Å²) in [4.78, 5) is 309. The number of hydrogen-bond donors (Lipinski definition) is 20. The zero-order chi connectivity index (χ0) is 103. The number of likely N-dealkylation sites (N-methyl/N-ethyl adjacent to an activating group) is 3. The summed E-state index contributed by atoms with van der Waals surface area (Å²) in [6.07, 6.45) is -3.69. The van der Waals surface area contributed by atoms with Gasteiger partial charge in [-0.1, -0.05) is 102 Å². The van der Waals surface area contributed by atoms with Gasteiger partial charge in [-0.2, -0.15) is 0 Å². The number of amides is 20. The van der Waals surface area contributed by atoms with E-state index in [4.69, 9.17) is 28.7 Å². The molecule has 3 fully saturated rings. The Kier molecular flexibility index (Phi) is 40.6. The number of nitrogens with two attached hydrogens (primary N) is 5. The maximum atomic E-state index is 16.0. The van der Waals surface area contributed by atoms with Gasteiger partial charge in [-0.05, 0) is 98.7 Å². The number of unbranched alkanes of at least 4 members (excludes halogenated alkanes) is 2. The number of aromatic hydroxyl groups is 1. The second-order valence-corrected chi connectivity index (χ2v) is 35.7. The monoisotopic (exact) mass is 1940 g/mol. The number of hydrogen-bond acceptors (Lipinski definition) is 24. The van der Waals surface area contributed by atoms with Crippen LogP contribution in [0.25, 0.3) is 21.8 Å². The molecule has 0 aliphatic carbocycles. The third-order valence-electron chi connectivity index (χ3n) is 24.6. The van der Waals surface area contributed by atoms with Gasteiger partial charge in [0.25, 0.3) is 0 Å². The molecule has 139 heavy (non-hydrogen) atoms. The number of phenols is 1. The summed E-state index contributed by atoms with van der Waals surface area (Å²) in [7, 11) is 3.73. The number of carboxylic acid groups (broad SMARTS) is 1. The van der Waals surface area contributed by atoms with Crippen LogP contribution in [0.1, 0.15) is 154 Å². The van der Waals surface area contributed by atoms with Crippen LogP contribution in [-0.2, 0) is 126 Å². The molecular weight excluding hydrogens is 1810 g/mol. The van der Waals surface area contributed by atoms with Crippen molar-refractivity contribution in [2.24, 2.45) is 34.6 Å². The summed E-state index contributed by atoms with van der Waals surface area (Å²) in [6.45, 7) is 4.70. The van der Waals surface area contributed by atoms with E-state index in [2.05, 4.69) is 63.5 Å². The Labute approximate surface area is 800 Å². The van der Waals surface area contributed by atoms with Gasteiger partial charge in [0.05, 0.1) is 32.0 Å². The van der Waals surface area contributed by atoms with Crippen LogP contribution in [0, 0.1) is 5.92 Å². The lowest BCUT2D eigenvalue weighted by molar-refractivity contribution is -0.149. The number of aliphatic hydroxyl groups is 1. The number of carbonyl (C=O) groups excluding carboxylic acids is 20. The Hall–Kier alpha value is -14.7. The van der Waals surface area contributed by atoms with E-state index in [-0.39, 0.29) is 69.2 Å². The molecule has 756 valence electrons. The third kappa shape index (κ3) is 31.2. The average molecular weight is 1940 g/mol. The lowest BCUT2D eigenvalue weighted by Crippen LogP contribution is -2.61. The minimum Gasteiger partial charge on any atom is -0.508 e. The molecule has 0 spiro atoms. The van der Waals surface area contributed by atoms with Crippen molar-refractivity contribution in [3.8, 4) is 5.75 Å². The van der Waals surface area contributed by atoms with Gasteiger partial charge in [-0.3, -0.25) is 101 Å². The Morgan fingerprint density at radius 3 is 1.66 bits per heavy atom. The molecule has 2 aromatic heterocycles. The zero-order valence-electron chi connectivity index (χ0n) is 79.0. The quantitative estimate of drug-likeness (QED) is 0.0213. The fourth-order valence-electron chi connectivity index (χ4n) is 17.0. The summed E-state index contributed by atoms with van der Waals surface area (Å²) in [6, 6.07) is -5.17. The molecule has 3 saturated heterocycles. The highest BCUT2D eigenvalue weighted by Gasteiger charge is 2.47. The molecule has 47 heteroatoms. The number of para-hydroxylation sites is 2. The van der Waals surface area contributed by atoms with E-state index in [0.717, 1.165) is 24.5 Å². The van der Waals surface area contributed by atoms with E-state index in [1.54, 1.807) is 76.2 Å². The van der Waals surface area contributed by atoms with Gasteiger partial charge in [0.2, 0.25) is 118 Å². The first-order chi connectivity index (χ1) is 65.8. The van der Waals surface area contributed by atoms with Gasteiger partial charge < -0.3 is 137 Å². The second kappa shape index (κ2) is 51.5. The van der Waals surface area contributed by atoms with Crippen molar-refractivity contribution in [1.29, 1.82) is 0 Å². The van der Waals surface area contributed by atoms with E-state index < -0.39 is 311 Å². The van der Waals surface area contributed by atoms with Crippen molar-refractivity contribution >= 4 is 146 Å². The lowest BCUT2D eigenvalue weighted by Gasteiger charge is -2.36. The predicted octanol–water partition coefficient (Wildman–Crippen LogP) is -5.33. The van der Waals surface area contributed by atoms with Crippen LogP contribution in [0.3, 0.4) is 0 Å². The third-order valence-corrected chi connectivity index (χ3v) is 24.6. The van der Waals surface area contributed by atoms with Crippen LogP contribution in [0.5, 0.6) is 5.75 Å². The number of phenolic OH excluding ortho intramolecular Hbond substituents is 1. The number of aliphatic carboxylic acids is 1. The van der Waals surface area contributed by atoms with Crippen molar-refractivity contribution in [3.63, 3.8) is 0 Å². The van der Waals surface area contributed by atoms with Crippen LogP contribution in [0.4, 0.5) is 0 Å². The summed E-state index contributed by atoms with van der Waals surface area (Å²) in [5, 5.41) is 60.9. The van der Waals surface area contributed by atoms with Crippen LogP contribution < -0.4 is 87.2 Å². The number of aromatic nitrogens is 2. The molecule has 47 nitrogen and oxygen atoms in total. The smallest absolute Gasteiger partial charge is 0.323 e. The number of benzene rings is 3. The van der Waals surface area contributed by atoms with E-state index in [1.165, 1.54) is 69.3 Å². The van der Waals surface area contributed by atoms with Crippen LogP contribution >= 0.6 is 0 Å². The molecule has 0 bridgehead atoms. The largest absolute Gasteiger partial charge is 0.508 e. The average Bonchev–Trinajstić information content (AvgIpc) is 1.60. The first-order valence-corrected chi connectivity index (χ1v) is 46.1. The number of nitrogens with zero attached hydrogens (tertiary/aromatic N) is 6. The van der Waals surface area contributed by atoms with E-state index in [9.17, 15) is 82.4 Å². The molecule has 0 unspecified atom stereocenters. The van der Waals surface area contributed by atoms with Gasteiger partial charge in [0.1, 0.15) is 96.9 Å².